The van der Waals surface area contributed by atoms with E-state index in [1.807, 2.05) is 0 Å². The Labute approximate surface area is 131 Å². The zero-order valence-corrected chi connectivity index (χ0v) is 12.9. The molecule has 0 radical (unpaired) electrons. The molecule has 144 valence electrons. The van der Waals surface area contributed by atoms with Gasteiger partial charge in [0.2, 0.25) is 0 Å². The molecule has 0 bridgehead atoms. The number of alkyl halides is 9. The van der Waals surface area contributed by atoms with Crippen LogP contribution in [-0.2, 0) is 10.0 Å². The molecule has 0 aromatic heterocycles. The van der Waals surface area contributed by atoms with Crippen LogP contribution < -0.4 is 0 Å². The van der Waals surface area contributed by atoms with Gasteiger partial charge in [-0.3, -0.25) is 0 Å². The average molecular weight is 396 g/mol. The number of piperazine rings is 1. The Morgan fingerprint density at radius 3 is 1.54 bits per heavy atom. The van der Waals surface area contributed by atoms with Crippen molar-refractivity contribution in [3.8, 4) is 0 Å². The van der Waals surface area contributed by atoms with Crippen molar-refractivity contribution in [1.82, 2.24) is 9.21 Å². The molecule has 0 spiro atoms. The van der Waals surface area contributed by atoms with Gasteiger partial charge in [-0.2, -0.15) is 43.8 Å². The maximum Gasteiger partial charge on any atom is 0.460 e. The zero-order valence-electron chi connectivity index (χ0n) is 12.1. The van der Waals surface area contributed by atoms with Crippen molar-refractivity contribution in [2.45, 2.75) is 30.2 Å². The van der Waals surface area contributed by atoms with Gasteiger partial charge in [0.15, 0.2) is 0 Å². The normalized spacial score (nSPS) is 20.4. The standard InChI is InChI=1S/C10H13F9N2O2S/c1-2-20-3-5-21(6-4-20)24(22,23)10(18,19)8(13,14)7(11,12)9(15,16)17/h2-6H2,1H3. The summed E-state index contributed by atoms with van der Waals surface area (Å²) in [7, 11) is -6.45. The molecular formula is C10H13F9N2O2S. The van der Waals surface area contributed by atoms with E-state index in [4.69, 9.17) is 0 Å². The highest BCUT2D eigenvalue weighted by atomic mass is 32.2. The summed E-state index contributed by atoms with van der Waals surface area (Å²) in [6, 6.07) is 0. The highest BCUT2D eigenvalue weighted by Gasteiger charge is 2.85. The van der Waals surface area contributed by atoms with Gasteiger partial charge in [0, 0.05) is 26.2 Å². The van der Waals surface area contributed by atoms with Gasteiger partial charge >= 0.3 is 23.3 Å². The fourth-order valence-corrected chi connectivity index (χ4v) is 3.39. The smallest absolute Gasteiger partial charge is 0.301 e. The third kappa shape index (κ3) is 3.07. The molecule has 1 heterocycles. The number of rotatable bonds is 5. The molecule has 0 saturated carbocycles. The number of hydrogen-bond acceptors (Lipinski definition) is 3. The summed E-state index contributed by atoms with van der Waals surface area (Å²) >= 11 is 0. The van der Waals surface area contributed by atoms with Crippen molar-refractivity contribution in [3.05, 3.63) is 0 Å². The van der Waals surface area contributed by atoms with E-state index in [1.54, 1.807) is 11.8 Å². The predicted octanol–water partition coefficient (Wildman–Crippen LogP) is 2.38. The van der Waals surface area contributed by atoms with Gasteiger partial charge in [-0.1, -0.05) is 6.92 Å². The highest BCUT2D eigenvalue weighted by Crippen LogP contribution is 2.55. The Balaban J connectivity index is 3.22. The van der Waals surface area contributed by atoms with Crippen molar-refractivity contribution >= 4 is 10.0 Å². The van der Waals surface area contributed by atoms with Crippen molar-refractivity contribution in [1.29, 1.82) is 0 Å². The molecule has 0 aromatic rings. The molecule has 4 nitrogen and oxygen atoms in total. The fourth-order valence-electron chi connectivity index (χ4n) is 1.97. The number of nitrogens with zero attached hydrogens (tertiary/aromatic N) is 2. The summed E-state index contributed by atoms with van der Waals surface area (Å²) in [5.74, 6) is -14.4. The lowest BCUT2D eigenvalue weighted by molar-refractivity contribution is -0.382. The third-order valence-electron chi connectivity index (χ3n) is 3.56. The van der Waals surface area contributed by atoms with Crippen LogP contribution in [-0.4, -0.2) is 73.6 Å². The Bertz CT molecular complexity index is 553. The van der Waals surface area contributed by atoms with Gasteiger partial charge in [0.25, 0.3) is 10.0 Å². The Morgan fingerprint density at radius 1 is 0.792 bits per heavy atom. The summed E-state index contributed by atoms with van der Waals surface area (Å²) in [6.45, 7) is 0.225. The monoisotopic (exact) mass is 396 g/mol. The van der Waals surface area contributed by atoms with Gasteiger partial charge in [-0.25, -0.2) is 8.42 Å². The molecule has 0 unspecified atom stereocenters. The van der Waals surface area contributed by atoms with Crippen LogP contribution in [0.4, 0.5) is 39.5 Å². The lowest BCUT2D eigenvalue weighted by Gasteiger charge is -2.38. The number of hydrogen-bond donors (Lipinski definition) is 0. The first-order chi connectivity index (χ1) is 10.5. The van der Waals surface area contributed by atoms with Crippen molar-refractivity contribution in [3.63, 3.8) is 0 Å². The van der Waals surface area contributed by atoms with Gasteiger partial charge in [0.05, 0.1) is 0 Å². The molecule has 1 rings (SSSR count). The third-order valence-corrected chi connectivity index (χ3v) is 5.51. The molecule has 24 heavy (non-hydrogen) atoms. The summed E-state index contributed by atoms with van der Waals surface area (Å²) in [6.07, 6.45) is -7.06. The summed E-state index contributed by atoms with van der Waals surface area (Å²) in [5, 5.41) is -6.65. The van der Waals surface area contributed by atoms with E-state index >= 15 is 0 Å². The van der Waals surface area contributed by atoms with E-state index in [9.17, 15) is 47.9 Å². The topological polar surface area (TPSA) is 40.6 Å². The van der Waals surface area contributed by atoms with E-state index in [-0.39, 0.29) is 17.4 Å². The summed E-state index contributed by atoms with van der Waals surface area (Å²) < 4.78 is 138. The molecular weight excluding hydrogens is 383 g/mol. The molecule has 0 aliphatic carbocycles. The molecule has 0 aromatic carbocycles. The molecule has 1 fully saturated rings. The van der Waals surface area contributed by atoms with Crippen LogP contribution in [0.25, 0.3) is 0 Å². The minimum atomic E-state index is -7.23. The lowest BCUT2D eigenvalue weighted by atomic mass is 10.1. The molecule has 1 aliphatic heterocycles. The van der Waals surface area contributed by atoms with Gasteiger partial charge in [-0.15, -0.1) is 0 Å². The van der Waals surface area contributed by atoms with Crippen LogP contribution in [0, 0.1) is 0 Å². The second kappa shape index (κ2) is 6.20. The van der Waals surface area contributed by atoms with E-state index < -0.39 is 46.4 Å². The van der Waals surface area contributed by atoms with Gasteiger partial charge < -0.3 is 4.90 Å². The van der Waals surface area contributed by atoms with E-state index in [1.165, 1.54) is 0 Å². The molecule has 0 amide bonds. The van der Waals surface area contributed by atoms with E-state index in [0.29, 0.717) is 6.54 Å². The minimum Gasteiger partial charge on any atom is -0.301 e. The minimum absolute atomic E-state index is 0.160. The first-order valence-corrected chi connectivity index (χ1v) is 7.90. The van der Waals surface area contributed by atoms with Gasteiger partial charge in [-0.05, 0) is 6.54 Å². The van der Waals surface area contributed by atoms with Crippen LogP contribution in [0.1, 0.15) is 6.92 Å². The molecule has 14 heteroatoms. The quantitative estimate of drug-likeness (QED) is 0.671. The van der Waals surface area contributed by atoms with Crippen LogP contribution in [0.5, 0.6) is 0 Å². The maximum atomic E-state index is 13.6. The van der Waals surface area contributed by atoms with Crippen molar-refractivity contribution in [2.75, 3.05) is 32.7 Å². The van der Waals surface area contributed by atoms with Crippen molar-refractivity contribution in [2.24, 2.45) is 0 Å². The molecule has 1 aliphatic rings. The first kappa shape index (κ1) is 21.3. The second-order valence-corrected chi connectivity index (χ2v) is 6.98. The number of sulfonamides is 1. The van der Waals surface area contributed by atoms with Crippen LogP contribution in [0.2, 0.25) is 0 Å². The fraction of sp³-hybridized carbons (Fsp3) is 1.00. The summed E-state index contributed by atoms with van der Waals surface area (Å²) in [4.78, 5) is 1.55. The van der Waals surface area contributed by atoms with E-state index in [2.05, 4.69) is 0 Å². The predicted molar refractivity (Wildman–Crippen MR) is 63.5 cm³/mol. The SMILES string of the molecule is CCN1CCN(S(=O)(=O)C(F)(F)C(F)(F)C(F)(F)C(F)(F)F)CC1. The molecule has 1 saturated heterocycles. The second-order valence-electron chi connectivity index (χ2n) is 5.00. The van der Waals surface area contributed by atoms with Gasteiger partial charge in [0.1, 0.15) is 0 Å². The van der Waals surface area contributed by atoms with Crippen LogP contribution >= 0.6 is 0 Å². The maximum absolute atomic E-state index is 13.6. The Hall–Kier alpha value is -0.760. The Morgan fingerprint density at radius 2 is 1.21 bits per heavy atom. The Kier molecular flexibility index (Phi) is 5.49. The summed E-state index contributed by atoms with van der Waals surface area (Å²) in [5.41, 5.74) is 0. The zero-order chi connectivity index (χ0) is 19.2. The highest BCUT2D eigenvalue weighted by molar-refractivity contribution is 7.90. The van der Waals surface area contributed by atoms with Crippen LogP contribution in [0.15, 0.2) is 0 Å². The molecule has 0 atom stereocenters. The number of halogens is 9. The lowest BCUT2D eigenvalue weighted by Crippen LogP contribution is -2.66. The van der Waals surface area contributed by atoms with E-state index in [0.717, 1.165) is 0 Å². The number of likely N-dealkylation sites (N-methyl/N-ethyl adjacent to an activating group) is 1. The molecule has 0 N–H and O–H groups in total. The largest absolute Gasteiger partial charge is 0.460 e. The van der Waals surface area contributed by atoms with Crippen LogP contribution in [0.3, 0.4) is 0 Å². The first-order valence-electron chi connectivity index (χ1n) is 6.46. The van der Waals surface area contributed by atoms with Crippen molar-refractivity contribution < 1.29 is 47.9 Å². The average Bonchev–Trinajstić information content (AvgIpc) is 2.45.